The Bertz CT molecular complexity index is 1070. The summed E-state index contributed by atoms with van der Waals surface area (Å²) in [5.74, 6) is 0.370. The highest BCUT2D eigenvalue weighted by atomic mass is 35.5. The summed E-state index contributed by atoms with van der Waals surface area (Å²) in [6, 6.07) is 6.28. The van der Waals surface area contributed by atoms with E-state index in [2.05, 4.69) is 46.4 Å². The van der Waals surface area contributed by atoms with Crippen LogP contribution in [0.3, 0.4) is 0 Å². The van der Waals surface area contributed by atoms with E-state index in [1.54, 1.807) is 13.1 Å². The maximum atomic E-state index is 13.2. The average molecular weight is 488 g/mol. The Balaban J connectivity index is 1.82. The zero-order valence-electron chi connectivity index (χ0n) is 21.2. The highest BCUT2D eigenvalue weighted by Crippen LogP contribution is 2.34. The molecule has 1 saturated carbocycles. The number of halogens is 1. The highest BCUT2D eigenvalue weighted by Gasteiger charge is 2.28. The summed E-state index contributed by atoms with van der Waals surface area (Å²) >= 11 is 6.50. The number of carbonyl (C=O) groups is 1. The van der Waals surface area contributed by atoms with E-state index in [4.69, 9.17) is 11.6 Å². The average Bonchev–Trinajstić information content (AvgIpc) is 2.80. The van der Waals surface area contributed by atoms with Gasteiger partial charge in [-0.3, -0.25) is 9.59 Å². The van der Waals surface area contributed by atoms with Crippen LogP contribution in [0.4, 0.5) is 11.5 Å². The van der Waals surface area contributed by atoms with Gasteiger partial charge < -0.3 is 25.4 Å². The Morgan fingerprint density at radius 3 is 2.35 bits per heavy atom. The fourth-order valence-corrected chi connectivity index (χ4v) is 5.29. The molecule has 0 spiro atoms. The third-order valence-corrected chi connectivity index (χ3v) is 7.24. The Kier molecular flexibility index (Phi) is 8.66. The van der Waals surface area contributed by atoms with Gasteiger partial charge in [-0.2, -0.15) is 0 Å². The molecule has 3 rings (SSSR count). The SMILES string of the molecule is CCN(c1cc(Cl)cc(C(=O)NCc2c(NC)[nH]c(C)cc2=O)c1C)C1CCC(N(C)C)CC1. The lowest BCUT2D eigenvalue weighted by atomic mass is 9.89. The van der Waals surface area contributed by atoms with E-state index in [1.807, 2.05) is 19.9 Å². The number of amides is 1. The summed E-state index contributed by atoms with van der Waals surface area (Å²) < 4.78 is 0. The number of aromatic amines is 1. The minimum atomic E-state index is -0.240. The summed E-state index contributed by atoms with van der Waals surface area (Å²) in [4.78, 5) is 33.5. The molecule has 0 aliphatic heterocycles. The number of nitrogens with one attached hydrogen (secondary N) is 3. The molecule has 0 unspecified atom stereocenters. The Morgan fingerprint density at radius 2 is 1.76 bits per heavy atom. The van der Waals surface area contributed by atoms with E-state index < -0.39 is 0 Å². The second-order valence-electron chi connectivity index (χ2n) is 9.41. The molecule has 0 radical (unpaired) electrons. The van der Waals surface area contributed by atoms with Crippen LogP contribution in [-0.2, 0) is 6.54 Å². The number of hydrogen-bond donors (Lipinski definition) is 3. The van der Waals surface area contributed by atoms with E-state index in [1.165, 1.54) is 18.9 Å². The first-order chi connectivity index (χ1) is 16.2. The highest BCUT2D eigenvalue weighted by molar-refractivity contribution is 6.31. The van der Waals surface area contributed by atoms with Gasteiger partial charge in [0, 0.05) is 53.7 Å². The Morgan fingerprint density at radius 1 is 1.12 bits per heavy atom. The molecule has 1 aliphatic carbocycles. The summed E-state index contributed by atoms with van der Waals surface area (Å²) in [6.07, 6.45) is 4.57. The maximum absolute atomic E-state index is 13.2. The predicted molar refractivity (Wildman–Crippen MR) is 141 cm³/mol. The van der Waals surface area contributed by atoms with Gasteiger partial charge in [0.05, 0.1) is 12.1 Å². The summed E-state index contributed by atoms with van der Waals surface area (Å²) in [6.45, 7) is 6.93. The van der Waals surface area contributed by atoms with Crippen molar-refractivity contribution in [2.45, 2.75) is 65.1 Å². The number of rotatable bonds is 8. The normalized spacial score (nSPS) is 18.1. The summed E-state index contributed by atoms with van der Waals surface area (Å²) in [5, 5.41) is 6.46. The lowest BCUT2D eigenvalue weighted by molar-refractivity contribution is 0.0950. The molecule has 0 bridgehead atoms. The first-order valence-electron chi connectivity index (χ1n) is 12.1. The van der Waals surface area contributed by atoms with Crippen molar-refractivity contribution in [1.29, 1.82) is 0 Å². The van der Waals surface area contributed by atoms with Gasteiger partial charge in [0.25, 0.3) is 5.91 Å². The number of benzene rings is 1. The quantitative estimate of drug-likeness (QED) is 0.516. The van der Waals surface area contributed by atoms with Crippen LogP contribution in [0.1, 0.15) is 59.8 Å². The zero-order valence-corrected chi connectivity index (χ0v) is 22.0. The van der Waals surface area contributed by atoms with Crippen molar-refractivity contribution in [3.8, 4) is 0 Å². The molecule has 2 aromatic rings. The zero-order chi connectivity index (χ0) is 25.0. The van der Waals surface area contributed by atoms with Gasteiger partial charge in [0.2, 0.25) is 0 Å². The topological polar surface area (TPSA) is 80.5 Å². The van der Waals surface area contributed by atoms with Gasteiger partial charge in [-0.05, 0) is 78.2 Å². The third-order valence-electron chi connectivity index (χ3n) is 7.02. The van der Waals surface area contributed by atoms with E-state index in [0.29, 0.717) is 34.1 Å². The van der Waals surface area contributed by atoms with Gasteiger partial charge in [-0.15, -0.1) is 0 Å². The van der Waals surface area contributed by atoms with Crippen LogP contribution in [0.25, 0.3) is 0 Å². The number of H-pyrrole nitrogens is 1. The largest absolute Gasteiger partial charge is 0.374 e. The van der Waals surface area contributed by atoms with Gasteiger partial charge in [-0.1, -0.05) is 11.6 Å². The number of hydrogen-bond acceptors (Lipinski definition) is 5. The molecule has 7 nitrogen and oxygen atoms in total. The molecule has 186 valence electrons. The number of nitrogens with zero attached hydrogens (tertiary/aromatic N) is 2. The van der Waals surface area contributed by atoms with Crippen LogP contribution in [0.5, 0.6) is 0 Å². The van der Waals surface area contributed by atoms with Crippen LogP contribution in [-0.4, -0.2) is 55.6 Å². The summed E-state index contributed by atoms with van der Waals surface area (Å²) in [7, 11) is 6.05. The minimum absolute atomic E-state index is 0.116. The first kappa shape index (κ1) is 26.1. The Labute approximate surface area is 207 Å². The van der Waals surface area contributed by atoms with Crippen molar-refractivity contribution in [1.82, 2.24) is 15.2 Å². The first-order valence-corrected chi connectivity index (χ1v) is 12.5. The predicted octanol–water partition coefficient (Wildman–Crippen LogP) is 4.32. The molecule has 1 fully saturated rings. The van der Waals surface area contributed by atoms with E-state index >= 15 is 0 Å². The molecule has 0 saturated heterocycles. The molecule has 34 heavy (non-hydrogen) atoms. The molecule has 3 N–H and O–H groups in total. The molecular weight excluding hydrogens is 450 g/mol. The van der Waals surface area contributed by atoms with Crippen LogP contribution in [0.15, 0.2) is 23.0 Å². The van der Waals surface area contributed by atoms with Gasteiger partial charge >= 0.3 is 0 Å². The molecule has 1 amide bonds. The Hall–Kier alpha value is -2.51. The number of pyridine rings is 1. The lowest BCUT2D eigenvalue weighted by Crippen LogP contribution is -2.42. The third kappa shape index (κ3) is 5.76. The van der Waals surface area contributed by atoms with E-state index in [9.17, 15) is 9.59 Å². The van der Waals surface area contributed by atoms with Crippen LogP contribution in [0, 0.1) is 13.8 Å². The van der Waals surface area contributed by atoms with Crippen molar-refractivity contribution in [3.63, 3.8) is 0 Å². The van der Waals surface area contributed by atoms with Gasteiger partial charge in [0.1, 0.15) is 5.82 Å². The maximum Gasteiger partial charge on any atom is 0.251 e. The molecule has 1 heterocycles. The van der Waals surface area contributed by atoms with Crippen molar-refractivity contribution in [2.24, 2.45) is 0 Å². The van der Waals surface area contributed by atoms with Crippen molar-refractivity contribution < 1.29 is 4.79 Å². The van der Waals surface area contributed by atoms with Crippen LogP contribution in [0.2, 0.25) is 5.02 Å². The molecule has 1 aromatic heterocycles. The van der Waals surface area contributed by atoms with E-state index in [0.717, 1.165) is 36.3 Å². The summed E-state index contributed by atoms with van der Waals surface area (Å²) in [5.41, 5.74) is 3.60. The van der Waals surface area contributed by atoms with E-state index in [-0.39, 0.29) is 17.9 Å². The smallest absolute Gasteiger partial charge is 0.251 e. The molecular formula is C26H38ClN5O2. The monoisotopic (exact) mass is 487 g/mol. The van der Waals surface area contributed by atoms with Crippen molar-refractivity contribution >= 4 is 29.0 Å². The number of aryl methyl sites for hydroxylation is 1. The molecule has 8 heteroatoms. The van der Waals surface area contributed by atoms with Crippen molar-refractivity contribution in [3.05, 3.63) is 55.8 Å². The minimum Gasteiger partial charge on any atom is -0.374 e. The van der Waals surface area contributed by atoms with Gasteiger partial charge in [0.15, 0.2) is 5.43 Å². The van der Waals surface area contributed by atoms with Crippen molar-refractivity contribution in [2.75, 3.05) is 37.9 Å². The second kappa shape index (κ2) is 11.3. The fourth-order valence-electron chi connectivity index (χ4n) is 5.08. The number of aromatic nitrogens is 1. The number of anilines is 2. The molecule has 1 aromatic carbocycles. The molecule has 1 aliphatic rings. The van der Waals surface area contributed by atoms with Crippen LogP contribution >= 0.6 is 11.6 Å². The fraction of sp³-hybridized carbons (Fsp3) is 0.538. The van der Waals surface area contributed by atoms with Crippen LogP contribution < -0.4 is 21.0 Å². The number of carbonyl (C=O) groups excluding carboxylic acids is 1. The lowest BCUT2D eigenvalue weighted by Gasteiger charge is -2.40. The standard InChI is InChI=1S/C26H38ClN5O2/c1-7-32(20-10-8-19(9-11-20)31(5)6)23-14-18(27)13-21(17(23)3)26(34)29-15-22-24(33)12-16(2)30-25(22)28-4/h12-14,19-20H,7-11,15H2,1-6H3,(H,29,34)(H2,28,30,33). The second-order valence-corrected chi connectivity index (χ2v) is 9.85. The van der Waals surface area contributed by atoms with Gasteiger partial charge in [-0.25, -0.2) is 0 Å². The molecule has 0 atom stereocenters.